The van der Waals surface area contributed by atoms with Gasteiger partial charge in [0.2, 0.25) is 0 Å². The van der Waals surface area contributed by atoms with Crippen LogP contribution in [0.5, 0.6) is 0 Å². The molecule has 20 heavy (non-hydrogen) atoms. The smallest absolute Gasteiger partial charge is 0.0674 e. The van der Waals surface area contributed by atoms with Gasteiger partial charge in [0.25, 0.3) is 0 Å². The Bertz CT molecular complexity index is 591. The third-order valence-corrected chi connectivity index (χ3v) is 4.10. The van der Waals surface area contributed by atoms with E-state index in [0.717, 1.165) is 24.8 Å². The molecule has 3 heteroatoms. The molecule has 0 amide bonds. The molecule has 106 valence electrons. The third-order valence-electron chi connectivity index (χ3n) is 4.10. The molecule has 0 saturated heterocycles. The van der Waals surface area contributed by atoms with Gasteiger partial charge in [0, 0.05) is 30.4 Å². The molecule has 0 unspecified atom stereocenters. The summed E-state index contributed by atoms with van der Waals surface area (Å²) in [4.78, 5) is 0. The van der Waals surface area contributed by atoms with Crippen molar-refractivity contribution in [3.8, 4) is 11.1 Å². The van der Waals surface area contributed by atoms with E-state index in [-0.39, 0.29) is 0 Å². The topological polar surface area (TPSA) is 29.9 Å². The maximum atomic E-state index is 4.60. The van der Waals surface area contributed by atoms with Crippen molar-refractivity contribution in [2.75, 3.05) is 0 Å². The molecule has 1 aromatic heterocycles. The highest BCUT2D eigenvalue weighted by atomic mass is 15.3. The Hall–Kier alpha value is -1.61. The molecule has 2 aromatic rings. The predicted octanol–water partition coefficient (Wildman–Crippen LogP) is 3.44. The minimum absolute atomic E-state index is 0.766. The molecule has 1 aromatic carbocycles. The van der Waals surface area contributed by atoms with Gasteiger partial charge in [-0.1, -0.05) is 24.3 Å². The first-order valence-electron chi connectivity index (χ1n) is 7.55. The van der Waals surface area contributed by atoms with Crippen LogP contribution in [-0.2, 0) is 13.1 Å². The summed E-state index contributed by atoms with van der Waals surface area (Å²) in [5.74, 6) is 0. The van der Waals surface area contributed by atoms with Crippen molar-refractivity contribution in [2.24, 2.45) is 0 Å². The van der Waals surface area contributed by atoms with E-state index in [2.05, 4.69) is 60.1 Å². The zero-order chi connectivity index (χ0) is 14.1. The van der Waals surface area contributed by atoms with Crippen molar-refractivity contribution in [3.05, 3.63) is 41.2 Å². The first-order valence-corrected chi connectivity index (χ1v) is 7.55. The van der Waals surface area contributed by atoms with Gasteiger partial charge in [-0.05, 0) is 44.7 Å². The quantitative estimate of drug-likeness (QED) is 0.901. The monoisotopic (exact) mass is 269 g/mol. The lowest BCUT2D eigenvalue weighted by Gasteiger charge is -2.06. The zero-order valence-electron chi connectivity index (χ0n) is 12.6. The SMILES string of the molecule is CCn1nc(C)c(-c2ccc(CNC3CC3)cc2)c1C. The molecule has 1 saturated carbocycles. The van der Waals surface area contributed by atoms with Crippen molar-refractivity contribution >= 4 is 0 Å². The average Bonchev–Trinajstić information content (AvgIpc) is 3.23. The maximum Gasteiger partial charge on any atom is 0.0674 e. The number of nitrogens with one attached hydrogen (secondary N) is 1. The Morgan fingerprint density at radius 3 is 2.45 bits per heavy atom. The summed E-state index contributed by atoms with van der Waals surface area (Å²) in [7, 11) is 0. The van der Waals surface area contributed by atoms with E-state index in [0.29, 0.717) is 0 Å². The van der Waals surface area contributed by atoms with Gasteiger partial charge < -0.3 is 5.32 Å². The number of benzene rings is 1. The van der Waals surface area contributed by atoms with Gasteiger partial charge >= 0.3 is 0 Å². The van der Waals surface area contributed by atoms with E-state index in [1.807, 2.05) is 0 Å². The average molecular weight is 269 g/mol. The minimum Gasteiger partial charge on any atom is -0.310 e. The van der Waals surface area contributed by atoms with Crippen LogP contribution < -0.4 is 5.32 Å². The molecule has 0 atom stereocenters. The Kier molecular flexibility index (Phi) is 3.62. The van der Waals surface area contributed by atoms with Crippen LogP contribution >= 0.6 is 0 Å². The summed E-state index contributed by atoms with van der Waals surface area (Å²) in [5.41, 5.74) is 6.30. The van der Waals surface area contributed by atoms with Crippen LogP contribution in [0.2, 0.25) is 0 Å². The van der Waals surface area contributed by atoms with Crippen LogP contribution in [0.3, 0.4) is 0 Å². The van der Waals surface area contributed by atoms with E-state index in [1.165, 1.54) is 35.2 Å². The lowest BCUT2D eigenvalue weighted by Crippen LogP contribution is -2.15. The summed E-state index contributed by atoms with van der Waals surface area (Å²) < 4.78 is 2.08. The minimum atomic E-state index is 0.766. The number of aryl methyl sites for hydroxylation is 2. The van der Waals surface area contributed by atoms with E-state index in [9.17, 15) is 0 Å². The van der Waals surface area contributed by atoms with Crippen LogP contribution in [0.25, 0.3) is 11.1 Å². The molecular weight excluding hydrogens is 246 g/mol. The Balaban J connectivity index is 1.81. The van der Waals surface area contributed by atoms with Crippen LogP contribution in [0.4, 0.5) is 0 Å². The van der Waals surface area contributed by atoms with E-state index in [4.69, 9.17) is 0 Å². The Morgan fingerprint density at radius 2 is 1.90 bits per heavy atom. The molecule has 1 heterocycles. The summed E-state index contributed by atoms with van der Waals surface area (Å²) in [5, 5.41) is 8.15. The first-order chi connectivity index (χ1) is 9.69. The predicted molar refractivity (Wildman–Crippen MR) is 82.7 cm³/mol. The lowest BCUT2D eigenvalue weighted by atomic mass is 10.0. The highest BCUT2D eigenvalue weighted by molar-refractivity contribution is 5.68. The van der Waals surface area contributed by atoms with Crippen molar-refractivity contribution in [3.63, 3.8) is 0 Å². The van der Waals surface area contributed by atoms with Gasteiger partial charge in [0.15, 0.2) is 0 Å². The second kappa shape index (κ2) is 5.41. The van der Waals surface area contributed by atoms with Crippen molar-refractivity contribution in [1.29, 1.82) is 0 Å². The van der Waals surface area contributed by atoms with E-state index in [1.54, 1.807) is 0 Å². The first kappa shape index (κ1) is 13.4. The molecule has 1 aliphatic rings. The van der Waals surface area contributed by atoms with Crippen LogP contribution in [0, 0.1) is 13.8 Å². The third kappa shape index (κ3) is 2.63. The molecule has 1 fully saturated rings. The molecule has 0 aliphatic heterocycles. The molecule has 0 spiro atoms. The van der Waals surface area contributed by atoms with Crippen LogP contribution in [0.15, 0.2) is 24.3 Å². The van der Waals surface area contributed by atoms with E-state index >= 15 is 0 Å². The van der Waals surface area contributed by atoms with E-state index < -0.39 is 0 Å². The number of hydrogen-bond acceptors (Lipinski definition) is 2. The standard InChI is InChI=1S/C17H23N3/c1-4-20-13(3)17(12(2)19-20)15-7-5-14(6-8-15)11-18-16-9-10-16/h5-8,16,18H,4,9-11H2,1-3H3. The highest BCUT2D eigenvalue weighted by Gasteiger charge is 2.20. The Morgan fingerprint density at radius 1 is 1.20 bits per heavy atom. The number of nitrogens with zero attached hydrogens (tertiary/aromatic N) is 2. The van der Waals surface area contributed by atoms with Gasteiger partial charge in [-0.25, -0.2) is 0 Å². The summed E-state index contributed by atoms with van der Waals surface area (Å²) in [6.45, 7) is 8.29. The molecule has 3 nitrogen and oxygen atoms in total. The number of hydrogen-bond donors (Lipinski definition) is 1. The molecule has 0 bridgehead atoms. The van der Waals surface area contributed by atoms with Crippen molar-refractivity contribution in [1.82, 2.24) is 15.1 Å². The summed E-state index contributed by atoms with van der Waals surface area (Å²) in [6, 6.07) is 9.67. The Labute approximate surface area is 121 Å². The fourth-order valence-corrected chi connectivity index (χ4v) is 2.76. The van der Waals surface area contributed by atoms with Crippen LogP contribution in [-0.4, -0.2) is 15.8 Å². The van der Waals surface area contributed by atoms with Gasteiger partial charge in [0.05, 0.1) is 5.69 Å². The fraction of sp³-hybridized carbons (Fsp3) is 0.471. The highest BCUT2D eigenvalue weighted by Crippen LogP contribution is 2.27. The second-order valence-electron chi connectivity index (χ2n) is 5.71. The molecule has 0 radical (unpaired) electrons. The van der Waals surface area contributed by atoms with Gasteiger partial charge in [-0.15, -0.1) is 0 Å². The van der Waals surface area contributed by atoms with Gasteiger partial charge in [-0.3, -0.25) is 4.68 Å². The fourth-order valence-electron chi connectivity index (χ4n) is 2.76. The molecule has 3 rings (SSSR count). The largest absolute Gasteiger partial charge is 0.310 e. The zero-order valence-corrected chi connectivity index (χ0v) is 12.6. The number of aromatic nitrogens is 2. The normalized spacial score (nSPS) is 14.8. The van der Waals surface area contributed by atoms with Crippen LogP contribution in [0.1, 0.15) is 36.7 Å². The van der Waals surface area contributed by atoms with Crippen molar-refractivity contribution in [2.45, 2.75) is 52.7 Å². The second-order valence-corrected chi connectivity index (χ2v) is 5.71. The number of rotatable bonds is 5. The lowest BCUT2D eigenvalue weighted by molar-refractivity contribution is 0.634. The summed E-state index contributed by atoms with van der Waals surface area (Å²) in [6.07, 6.45) is 2.68. The van der Waals surface area contributed by atoms with Crippen molar-refractivity contribution < 1.29 is 0 Å². The van der Waals surface area contributed by atoms with Gasteiger partial charge in [0.1, 0.15) is 0 Å². The summed E-state index contributed by atoms with van der Waals surface area (Å²) >= 11 is 0. The molecular formula is C17H23N3. The van der Waals surface area contributed by atoms with Gasteiger partial charge in [-0.2, -0.15) is 5.10 Å². The molecule has 1 N–H and O–H groups in total. The maximum absolute atomic E-state index is 4.60. The molecule has 1 aliphatic carbocycles.